The minimum atomic E-state index is -4.59. The highest BCUT2D eigenvalue weighted by Gasteiger charge is 2.38. The molecule has 2 heterocycles. The van der Waals surface area contributed by atoms with Crippen molar-refractivity contribution in [3.8, 4) is 11.4 Å². The predicted octanol–water partition coefficient (Wildman–Crippen LogP) is 6.09. The Morgan fingerprint density at radius 3 is 2.69 bits per heavy atom. The number of nitrogens with zero attached hydrogens (tertiary/aromatic N) is 2. The molecule has 0 saturated heterocycles. The highest BCUT2D eigenvalue weighted by atomic mass is 19.4. The van der Waals surface area contributed by atoms with Gasteiger partial charge in [-0.15, -0.1) is 0 Å². The zero-order valence-electron chi connectivity index (χ0n) is 19.0. The number of alkyl halides is 3. The number of fused-ring (bicyclic) bond motifs is 2. The van der Waals surface area contributed by atoms with Gasteiger partial charge in [0.2, 0.25) is 5.82 Å². The van der Waals surface area contributed by atoms with Crippen LogP contribution in [0, 0.1) is 6.92 Å². The first kappa shape index (κ1) is 23.0. The molecule has 1 aliphatic heterocycles. The number of aliphatic carboxylic acids is 1. The lowest BCUT2D eigenvalue weighted by Gasteiger charge is -2.16. The summed E-state index contributed by atoms with van der Waals surface area (Å²) < 4.78 is 48.5. The average Bonchev–Trinajstić information content (AvgIpc) is 3.39. The molecule has 1 N–H and O–H groups in total. The number of aryl methyl sites for hydroxylation is 2. The number of hydrogen-bond acceptors (Lipinski definition) is 3. The van der Waals surface area contributed by atoms with Gasteiger partial charge in [-0.05, 0) is 60.7 Å². The molecule has 3 aromatic carbocycles. The summed E-state index contributed by atoms with van der Waals surface area (Å²) in [5.74, 6) is -1.24. The molecular weight excluding hydrogens is 457 g/mol. The van der Waals surface area contributed by atoms with Crippen molar-refractivity contribution in [1.29, 1.82) is 0 Å². The molecule has 1 atom stereocenters. The number of imidazole rings is 1. The molecule has 0 radical (unpaired) electrons. The standard InChI is InChI=1S/C27H23F3N2O3/c1-16-18(11-9-17-10-12-20-19(14-25(33)34)15-35-24(20)13-17)5-4-8-22(16)32-23-7-3-2-6-21(23)31-26(32)27(28,29)30/h2-8,10,12-13,19H,9,11,14-15H2,1H3,(H,33,34)/t19-/m1/s1. The minimum absolute atomic E-state index is 0.0289. The Kier molecular flexibility index (Phi) is 5.75. The lowest BCUT2D eigenvalue weighted by atomic mass is 9.94. The maximum atomic E-state index is 13.9. The first-order valence-electron chi connectivity index (χ1n) is 11.3. The molecule has 0 saturated carbocycles. The largest absolute Gasteiger partial charge is 0.493 e. The molecular formula is C27H23F3N2O3. The van der Waals surface area contributed by atoms with E-state index in [-0.39, 0.29) is 12.3 Å². The molecule has 1 aliphatic rings. The second-order valence-corrected chi connectivity index (χ2v) is 8.80. The van der Waals surface area contributed by atoms with Crippen LogP contribution in [0.2, 0.25) is 0 Å². The van der Waals surface area contributed by atoms with E-state index in [0.29, 0.717) is 41.9 Å². The van der Waals surface area contributed by atoms with Gasteiger partial charge in [-0.25, -0.2) is 4.98 Å². The summed E-state index contributed by atoms with van der Waals surface area (Å²) in [7, 11) is 0. The first-order valence-corrected chi connectivity index (χ1v) is 11.3. The van der Waals surface area contributed by atoms with Gasteiger partial charge >= 0.3 is 12.1 Å². The van der Waals surface area contributed by atoms with E-state index in [2.05, 4.69) is 4.98 Å². The van der Waals surface area contributed by atoms with Gasteiger partial charge in [0.05, 0.1) is 29.7 Å². The molecule has 8 heteroatoms. The molecule has 0 spiro atoms. The average molecular weight is 480 g/mol. The summed E-state index contributed by atoms with van der Waals surface area (Å²) in [6.07, 6.45) is -3.27. The molecule has 0 bridgehead atoms. The van der Waals surface area contributed by atoms with E-state index < -0.39 is 18.0 Å². The van der Waals surface area contributed by atoms with E-state index in [9.17, 15) is 18.0 Å². The summed E-state index contributed by atoms with van der Waals surface area (Å²) >= 11 is 0. The first-order chi connectivity index (χ1) is 16.7. The van der Waals surface area contributed by atoms with E-state index in [1.807, 2.05) is 31.2 Å². The second-order valence-electron chi connectivity index (χ2n) is 8.80. The molecule has 4 aromatic rings. The summed E-state index contributed by atoms with van der Waals surface area (Å²) in [4.78, 5) is 14.9. The highest BCUT2D eigenvalue weighted by molar-refractivity contribution is 5.79. The van der Waals surface area contributed by atoms with Crippen molar-refractivity contribution >= 4 is 17.0 Å². The smallest absolute Gasteiger partial charge is 0.450 e. The maximum absolute atomic E-state index is 13.9. The van der Waals surface area contributed by atoms with Gasteiger partial charge < -0.3 is 9.84 Å². The highest BCUT2D eigenvalue weighted by Crippen LogP contribution is 2.37. The Hall–Kier alpha value is -3.81. The normalized spacial score (nSPS) is 15.3. The van der Waals surface area contributed by atoms with Gasteiger partial charge in [0.1, 0.15) is 5.75 Å². The number of benzene rings is 3. The monoisotopic (exact) mass is 480 g/mol. The Balaban J connectivity index is 1.44. The fourth-order valence-corrected chi connectivity index (χ4v) is 4.78. The van der Waals surface area contributed by atoms with Gasteiger partial charge in [-0.3, -0.25) is 9.36 Å². The third kappa shape index (κ3) is 4.36. The topological polar surface area (TPSA) is 64.3 Å². The van der Waals surface area contributed by atoms with Crippen molar-refractivity contribution in [2.75, 3.05) is 6.61 Å². The van der Waals surface area contributed by atoms with Crippen molar-refractivity contribution in [3.63, 3.8) is 0 Å². The third-order valence-electron chi connectivity index (χ3n) is 6.53. The Bertz CT molecular complexity index is 1430. The summed E-state index contributed by atoms with van der Waals surface area (Å²) in [6.45, 7) is 2.19. The van der Waals surface area contributed by atoms with Crippen LogP contribution in [0.3, 0.4) is 0 Å². The summed E-state index contributed by atoms with van der Waals surface area (Å²) in [6, 6.07) is 17.8. The fourth-order valence-electron chi connectivity index (χ4n) is 4.78. The maximum Gasteiger partial charge on any atom is 0.450 e. The molecule has 0 aliphatic carbocycles. The van der Waals surface area contributed by atoms with E-state index in [1.54, 1.807) is 36.4 Å². The molecule has 1 aromatic heterocycles. The van der Waals surface area contributed by atoms with Gasteiger partial charge in [0.15, 0.2) is 0 Å². The molecule has 0 unspecified atom stereocenters. The second kappa shape index (κ2) is 8.76. The van der Waals surface area contributed by atoms with Crippen LogP contribution in [0.15, 0.2) is 60.7 Å². The summed E-state index contributed by atoms with van der Waals surface area (Å²) in [5, 5.41) is 9.08. The number of halogens is 3. The zero-order chi connectivity index (χ0) is 24.7. The van der Waals surface area contributed by atoms with Crippen LogP contribution in [-0.4, -0.2) is 27.2 Å². The number of hydrogen-bond donors (Lipinski definition) is 1. The van der Waals surface area contributed by atoms with Crippen molar-refractivity contribution in [2.24, 2.45) is 0 Å². The van der Waals surface area contributed by atoms with E-state index >= 15 is 0 Å². The Morgan fingerprint density at radius 2 is 1.91 bits per heavy atom. The lowest BCUT2D eigenvalue weighted by molar-refractivity contribution is -0.145. The molecule has 35 heavy (non-hydrogen) atoms. The number of carboxylic acids is 1. The summed E-state index contributed by atoms with van der Waals surface area (Å²) in [5.41, 5.74) is 4.79. The van der Waals surface area contributed by atoms with Crippen LogP contribution < -0.4 is 4.74 Å². The van der Waals surface area contributed by atoms with Crippen LogP contribution in [0.1, 0.15) is 40.4 Å². The third-order valence-corrected chi connectivity index (χ3v) is 6.53. The lowest BCUT2D eigenvalue weighted by Crippen LogP contribution is -2.15. The van der Waals surface area contributed by atoms with Crippen LogP contribution in [-0.2, 0) is 23.8 Å². The Labute approximate surface area is 199 Å². The predicted molar refractivity (Wildman–Crippen MR) is 125 cm³/mol. The number of ether oxygens (including phenoxy) is 1. The minimum Gasteiger partial charge on any atom is -0.493 e. The van der Waals surface area contributed by atoms with E-state index in [4.69, 9.17) is 9.84 Å². The van der Waals surface area contributed by atoms with Crippen molar-refractivity contribution in [3.05, 3.63) is 88.7 Å². The van der Waals surface area contributed by atoms with Gasteiger partial charge in [-0.2, -0.15) is 13.2 Å². The molecule has 0 fully saturated rings. The zero-order valence-corrected chi connectivity index (χ0v) is 19.0. The van der Waals surface area contributed by atoms with Crippen LogP contribution in [0.4, 0.5) is 13.2 Å². The molecule has 180 valence electrons. The van der Waals surface area contributed by atoms with Crippen LogP contribution in [0.25, 0.3) is 16.7 Å². The van der Waals surface area contributed by atoms with Crippen molar-refractivity contribution in [1.82, 2.24) is 9.55 Å². The van der Waals surface area contributed by atoms with Crippen LogP contribution in [0.5, 0.6) is 5.75 Å². The molecule has 5 rings (SSSR count). The van der Waals surface area contributed by atoms with Crippen molar-refractivity contribution < 1.29 is 27.8 Å². The number of para-hydroxylation sites is 2. The quantitative estimate of drug-likeness (QED) is 0.363. The van der Waals surface area contributed by atoms with Crippen LogP contribution >= 0.6 is 0 Å². The number of carbonyl (C=O) groups is 1. The Morgan fingerprint density at radius 1 is 1.11 bits per heavy atom. The van der Waals surface area contributed by atoms with Gasteiger partial charge in [0.25, 0.3) is 0 Å². The number of carboxylic acid groups (broad SMARTS) is 1. The SMILES string of the molecule is Cc1c(CCc2ccc3c(c2)OC[C@H]3CC(=O)O)cccc1-n1c(C(F)(F)F)nc2ccccc21. The van der Waals surface area contributed by atoms with Gasteiger partial charge in [-0.1, -0.05) is 36.4 Å². The van der Waals surface area contributed by atoms with Crippen molar-refractivity contribution in [2.45, 2.75) is 38.3 Å². The van der Waals surface area contributed by atoms with Gasteiger partial charge in [0, 0.05) is 11.5 Å². The number of rotatable bonds is 6. The number of aromatic nitrogens is 2. The molecule has 0 amide bonds. The fraction of sp³-hybridized carbons (Fsp3) is 0.259. The van der Waals surface area contributed by atoms with E-state index in [0.717, 1.165) is 22.3 Å². The molecule has 5 nitrogen and oxygen atoms in total. The van der Waals surface area contributed by atoms with E-state index in [1.165, 1.54) is 4.57 Å².